The SMILES string of the molecule is Cc1ccccc1CC(=O)OCC(=O)Nc1ccc(C#N)c(Cl)c1. The summed E-state index contributed by atoms with van der Waals surface area (Å²) < 4.78 is 4.97. The Morgan fingerprint density at radius 2 is 2.00 bits per heavy atom. The molecule has 2 aromatic carbocycles. The number of anilines is 1. The van der Waals surface area contributed by atoms with E-state index in [0.29, 0.717) is 11.3 Å². The van der Waals surface area contributed by atoms with Crippen LogP contribution in [0.1, 0.15) is 16.7 Å². The Morgan fingerprint density at radius 1 is 1.25 bits per heavy atom. The Labute approximate surface area is 144 Å². The number of nitrogens with zero attached hydrogens (tertiary/aromatic N) is 1. The van der Waals surface area contributed by atoms with Gasteiger partial charge in [0.15, 0.2) is 6.61 Å². The van der Waals surface area contributed by atoms with Crippen LogP contribution in [-0.4, -0.2) is 18.5 Å². The fraction of sp³-hybridized carbons (Fsp3) is 0.167. The van der Waals surface area contributed by atoms with E-state index in [1.165, 1.54) is 12.1 Å². The number of benzene rings is 2. The first kappa shape index (κ1) is 17.5. The standard InChI is InChI=1S/C18H15ClN2O3/c1-12-4-2-3-5-13(12)8-18(23)24-11-17(22)21-15-7-6-14(10-20)16(19)9-15/h2-7,9H,8,11H2,1H3,(H,21,22). The molecule has 2 rings (SSSR count). The van der Waals surface area contributed by atoms with E-state index in [9.17, 15) is 9.59 Å². The van der Waals surface area contributed by atoms with E-state index < -0.39 is 11.9 Å². The fourth-order valence-corrected chi connectivity index (χ4v) is 2.26. The van der Waals surface area contributed by atoms with Crippen LogP contribution in [0.5, 0.6) is 0 Å². The van der Waals surface area contributed by atoms with E-state index >= 15 is 0 Å². The summed E-state index contributed by atoms with van der Waals surface area (Å²) in [5.74, 6) is -0.953. The van der Waals surface area contributed by atoms with Crippen LogP contribution >= 0.6 is 11.6 Å². The second-order valence-electron chi connectivity index (χ2n) is 5.12. The molecule has 0 saturated carbocycles. The van der Waals surface area contributed by atoms with Gasteiger partial charge in [0.05, 0.1) is 17.0 Å². The van der Waals surface area contributed by atoms with Crippen LogP contribution in [0.4, 0.5) is 5.69 Å². The van der Waals surface area contributed by atoms with Crippen LogP contribution in [0.2, 0.25) is 5.02 Å². The molecule has 122 valence electrons. The minimum absolute atomic E-state index is 0.114. The summed E-state index contributed by atoms with van der Waals surface area (Å²) in [4.78, 5) is 23.6. The third-order valence-corrected chi connectivity index (χ3v) is 3.65. The summed E-state index contributed by atoms with van der Waals surface area (Å²) in [5.41, 5.74) is 2.60. The van der Waals surface area contributed by atoms with Crippen molar-refractivity contribution < 1.29 is 14.3 Å². The Kier molecular flexibility index (Phi) is 5.94. The first-order valence-corrected chi connectivity index (χ1v) is 7.57. The van der Waals surface area contributed by atoms with Gasteiger partial charge in [-0.05, 0) is 36.2 Å². The van der Waals surface area contributed by atoms with Crippen LogP contribution in [0.25, 0.3) is 0 Å². The molecule has 0 saturated heterocycles. The largest absolute Gasteiger partial charge is 0.455 e. The van der Waals surface area contributed by atoms with Crippen molar-refractivity contribution in [3.63, 3.8) is 0 Å². The maximum Gasteiger partial charge on any atom is 0.310 e. The van der Waals surface area contributed by atoms with Crippen LogP contribution in [-0.2, 0) is 20.7 Å². The highest BCUT2D eigenvalue weighted by molar-refractivity contribution is 6.32. The number of nitriles is 1. The topological polar surface area (TPSA) is 79.2 Å². The summed E-state index contributed by atoms with van der Waals surface area (Å²) in [6, 6.07) is 13.9. The molecule has 0 fully saturated rings. The van der Waals surface area contributed by atoms with Crippen LogP contribution < -0.4 is 5.32 Å². The minimum atomic E-state index is -0.478. The molecule has 0 unspecified atom stereocenters. The predicted molar refractivity (Wildman–Crippen MR) is 90.6 cm³/mol. The Hall–Kier alpha value is -2.84. The Morgan fingerprint density at radius 3 is 2.67 bits per heavy atom. The highest BCUT2D eigenvalue weighted by atomic mass is 35.5. The molecule has 0 bridgehead atoms. The third kappa shape index (κ3) is 4.83. The molecule has 0 radical (unpaired) electrons. The molecular weight excluding hydrogens is 328 g/mol. The molecule has 0 aromatic heterocycles. The number of hydrogen-bond acceptors (Lipinski definition) is 4. The maximum absolute atomic E-state index is 11.8. The summed E-state index contributed by atoms with van der Waals surface area (Å²) in [5, 5.41) is 11.6. The van der Waals surface area contributed by atoms with E-state index in [-0.39, 0.29) is 18.1 Å². The molecule has 5 nitrogen and oxygen atoms in total. The summed E-state index contributed by atoms with van der Waals surface area (Å²) in [6.07, 6.45) is 0.114. The number of carbonyl (C=O) groups excluding carboxylic acids is 2. The van der Waals surface area contributed by atoms with Gasteiger partial charge in [0.2, 0.25) is 0 Å². The van der Waals surface area contributed by atoms with E-state index in [0.717, 1.165) is 11.1 Å². The number of halogens is 1. The van der Waals surface area contributed by atoms with Crippen molar-refractivity contribution in [2.24, 2.45) is 0 Å². The lowest BCUT2D eigenvalue weighted by Gasteiger charge is -2.08. The lowest BCUT2D eigenvalue weighted by atomic mass is 10.1. The summed E-state index contributed by atoms with van der Waals surface area (Å²) >= 11 is 5.89. The number of carbonyl (C=O) groups is 2. The molecule has 24 heavy (non-hydrogen) atoms. The Bertz CT molecular complexity index is 812. The number of esters is 1. The molecular formula is C18H15ClN2O3. The number of rotatable bonds is 5. The van der Waals surface area contributed by atoms with Gasteiger partial charge in [0.1, 0.15) is 6.07 Å². The van der Waals surface area contributed by atoms with Crippen molar-refractivity contribution in [2.75, 3.05) is 11.9 Å². The highest BCUT2D eigenvalue weighted by Crippen LogP contribution is 2.20. The molecule has 0 aliphatic rings. The second kappa shape index (κ2) is 8.14. The molecule has 1 amide bonds. The molecule has 2 aromatic rings. The van der Waals surface area contributed by atoms with Gasteiger partial charge in [-0.25, -0.2) is 0 Å². The first-order chi connectivity index (χ1) is 11.5. The van der Waals surface area contributed by atoms with Gasteiger partial charge in [0.25, 0.3) is 5.91 Å². The second-order valence-corrected chi connectivity index (χ2v) is 5.53. The molecule has 0 aliphatic heterocycles. The maximum atomic E-state index is 11.8. The zero-order chi connectivity index (χ0) is 17.5. The van der Waals surface area contributed by atoms with E-state index in [2.05, 4.69) is 5.32 Å². The van der Waals surface area contributed by atoms with Crippen molar-refractivity contribution in [2.45, 2.75) is 13.3 Å². The monoisotopic (exact) mass is 342 g/mol. The van der Waals surface area contributed by atoms with E-state index in [1.54, 1.807) is 6.07 Å². The first-order valence-electron chi connectivity index (χ1n) is 7.19. The number of aryl methyl sites for hydroxylation is 1. The van der Waals surface area contributed by atoms with Gasteiger partial charge in [-0.3, -0.25) is 9.59 Å². The van der Waals surface area contributed by atoms with Gasteiger partial charge in [0, 0.05) is 5.69 Å². The van der Waals surface area contributed by atoms with Crippen molar-refractivity contribution in [1.29, 1.82) is 5.26 Å². The summed E-state index contributed by atoms with van der Waals surface area (Å²) in [7, 11) is 0. The summed E-state index contributed by atoms with van der Waals surface area (Å²) in [6.45, 7) is 1.52. The highest BCUT2D eigenvalue weighted by Gasteiger charge is 2.11. The fourth-order valence-electron chi connectivity index (χ4n) is 2.04. The normalized spacial score (nSPS) is 9.88. The number of nitrogens with one attached hydrogen (secondary N) is 1. The minimum Gasteiger partial charge on any atom is -0.455 e. The molecule has 1 N–H and O–H groups in total. The van der Waals surface area contributed by atoms with E-state index in [4.69, 9.17) is 21.6 Å². The van der Waals surface area contributed by atoms with Crippen LogP contribution in [0.3, 0.4) is 0 Å². The molecule has 0 atom stereocenters. The average Bonchev–Trinajstić information content (AvgIpc) is 2.55. The van der Waals surface area contributed by atoms with Gasteiger partial charge >= 0.3 is 5.97 Å². The van der Waals surface area contributed by atoms with Crippen molar-refractivity contribution in [3.05, 3.63) is 64.2 Å². The Balaban J connectivity index is 1.85. The third-order valence-electron chi connectivity index (χ3n) is 3.33. The van der Waals surface area contributed by atoms with Crippen LogP contribution in [0.15, 0.2) is 42.5 Å². The van der Waals surface area contributed by atoms with Crippen molar-refractivity contribution in [3.8, 4) is 6.07 Å². The molecule has 0 heterocycles. The lowest BCUT2D eigenvalue weighted by molar-refractivity contribution is -0.146. The zero-order valence-electron chi connectivity index (χ0n) is 13.0. The predicted octanol–water partition coefficient (Wildman–Crippen LogP) is 3.24. The molecule has 0 spiro atoms. The smallest absolute Gasteiger partial charge is 0.310 e. The van der Waals surface area contributed by atoms with Gasteiger partial charge < -0.3 is 10.1 Å². The average molecular weight is 343 g/mol. The van der Waals surface area contributed by atoms with Crippen molar-refractivity contribution in [1.82, 2.24) is 0 Å². The molecule has 6 heteroatoms. The molecule has 0 aliphatic carbocycles. The number of hydrogen-bond donors (Lipinski definition) is 1. The zero-order valence-corrected chi connectivity index (χ0v) is 13.8. The number of ether oxygens (including phenoxy) is 1. The quantitative estimate of drug-likeness (QED) is 0.846. The van der Waals surface area contributed by atoms with Gasteiger partial charge in [-0.1, -0.05) is 35.9 Å². The lowest BCUT2D eigenvalue weighted by Crippen LogP contribution is -2.21. The van der Waals surface area contributed by atoms with Gasteiger partial charge in [-0.15, -0.1) is 0 Å². The van der Waals surface area contributed by atoms with Crippen molar-refractivity contribution >= 4 is 29.2 Å². The van der Waals surface area contributed by atoms with Crippen LogP contribution in [0, 0.1) is 18.3 Å². The van der Waals surface area contributed by atoms with E-state index in [1.807, 2.05) is 37.3 Å². The number of amides is 1. The van der Waals surface area contributed by atoms with Gasteiger partial charge in [-0.2, -0.15) is 5.26 Å².